The molecular weight excluding hydrogens is 380 g/mol. The van der Waals surface area contributed by atoms with Crippen molar-refractivity contribution in [1.29, 1.82) is 0 Å². The number of nitrogens with zero attached hydrogens (tertiary/aromatic N) is 1. The van der Waals surface area contributed by atoms with E-state index in [1.807, 2.05) is 20.8 Å². The van der Waals surface area contributed by atoms with Crippen molar-refractivity contribution in [3.63, 3.8) is 0 Å². The highest BCUT2D eigenvalue weighted by Crippen LogP contribution is 2.23. The van der Waals surface area contributed by atoms with Crippen LogP contribution in [-0.2, 0) is 10.0 Å². The molecule has 0 bridgehead atoms. The SMILES string of the molecule is CCN(CC)S(=O)(=O)c1ccc([C@H](C)NC(=O)c2ccc(Cl)s2)cc1. The van der Waals surface area contributed by atoms with Gasteiger partial charge in [-0.1, -0.05) is 37.6 Å². The van der Waals surface area contributed by atoms with Crippen molar-refractivity contribution in [2.75, 3.05) is 13.1 Å². The van der Waals surface area contributed by atoms with Gasteiger partial charge >= 0.3 is 0 Å². The van der Waals surface area contributed by atoms with E-state index in [0.29, 0.717) is 22.3 Å². The van der Waals surface area contributed by atoms with Gasteiger partial charge in [-0.15, -0.1) is 11.3 Å². The Hall–Kier alpha value is -1.41. The summed E-state index contributed by atoms with van der Waals surface area (Å²) in [7, 11) is -3.47. The van der Waals surface area contributed by atoms with Crippen molar-refractivity contribution in [2.45, 2.75) is 31.7 Å². The van der Waals surface area contributed by atoms with E-state index in [1.165, 1.54) is 15.6 Å². The summed E-state index contributed by atoms with van der Waals surface area (Å²) in [6, 6.07) is 9.71. The van der Waals surface area contributed by atoms with E-state index in [4.69, 9.17) is 11.6 Å². The van der Waals surface area contributed by atoms with Crippen molar-refractivity contribution in [2.24, 2.45) is 0 Å². The highest BCUT2D eigenvalue weighted by molar-refractivity contribution is 7.89. The third-order valence-corrected chi connectivity index (χ3v) is 7.16. The summed E-state index contributed by atoms with van der Waals surface area (Å²) in [6.45, 7) is 6.32. The quantitative estimate of drug-likeness (QED) is 0.765. The predicted molar refractivity (Wildman–Crippen MR) is 102 cm³/mol. The number of halogens is 1. The summed E-state index contributed by atoms with van der Waals surface area (Å²) in [4.78, 5) is 13.0. The number of nitrogens with one attached hydrogen (secondary N) is 1. The minimum atomic E-state index is -3.47. The normalized spacial score (nSPS) is 13.0. The maximum atomic E-state index is 12.5. The maximum Gasteiger partial charge on any atom is 0.261 e. The smallest absolute Gasteiger partial charge is 0.261 e. The lowest BCUT2D eigenvalue weighted by Gasteiger charge is -2.19. The number of benzene rings is 1. The summed E-state index contributed by atoms with van der Waals surface area (Å²) < 4.78 is 26.9. The molecule has 0 saturated carbocycles. The first kappa shape index (κ1) is 19.9. The first-order chi connectivity index (χ1) is 11.8. The number of hydrogen-bond acceptors (Lipinski definition) is 4. The first-order valence-corrected chi connectivity index (χ1v) is 10.6. The van der Waals surface area contributed by atoms with Crippen LogP contribution in [0.1, 0.15) is 42.0 Å². The zero-order valence-corrected chi connectivity index (χ0v) is 16.7. The van der Waals surface area contributed by atoms with Crippen LogP contribution in [0.2, 0.25) is 4.34 Å². The van der Waals surface area contributed by atoms with Crippen LogP contribution >= 0.6 is 22.9 Å². The first-order valence-electron chi connectivity index (χ1n) is 7.95. The van der Waals surface area contributed by atoms with Gasteiger partial charge in [0.25, 0.3) is 5.91 Å². The average Bonchev–Trinajstić information content (AvgIpc) is 3.02. The number of thiophene rings is 1. The van der Waals surface area contributed by atoms with Crippen molar-refractivity contribution < 1.29 is 13.2 Å². The van der Waals surface area contributed by atoms with Gasteiger partial charge in [0.05, 0.1) is 20.2 Å². The second-order valence-electron chi connectivity index (χ2n) is 5.46. The van der Waals surface area contributed by atoms with Crippen molar-refractivity contribution in [1.82, 2.24) is 9.62 Å². The van der Waals surface area contributed by atoms with Gasteiger partial charge in [-0.25, -0.2) is 8.42 Å². The Morgan fingerprint density at radius 2 is 1.76 bits per heavy atom. The molecular formula is C17H21ClN2O3S2. The van der Waals surface area contributed by atoms with Crippen LogP contribution in [0.4, 0.5) is 0 Å². The van der Waals surface area contributed by atoms with Gasteiger partial charge in [0.1, 0.15) is 0 Å². The molecule has 0 aliphatic rings. The van der Waals surface area contributed by atoms with Crippen molar-refractivity contribution >= 4 is 38.9 Å². The fourth-order valence-electron chi connectivity index (χ4n) is 2.43. The van der Waals surface area contributed by atoms with Gasteiger partial charge in [0, 0.05) is 13.1 Å². The highest BCUT2D eigenvalue weighted by Gasteiger charge is 2.21. The van der Waals surface area contributed by atoms with E-state index in [9.17, 15) is 13.2 Å². The standard InChI is InChI=1S/C17H21ClN2O3S2/c1-4-20(5-2)25(22,23)14-8-6-13(7-9-14)12(3)19-17(21)15-10-11-16(18)24-15/h6-12H,4-5H2,1-3H3,(H,19,21)/t12-/m0/s1. The molecule has 1 heterocycles. The zero-order valence-electron chi connectivity index (χ0n) is 14.3. The lowest BCUT2D eigenvalue weighted by Crippen LogP contribution is -2.30. The number of sulfonamides is 1. The molecule has 136 valence electrons. The van der Waals surface area contributed by atoms with E-state index in [-0.39, 0.29) is 16.8 Å². The summed E-state index contributed by atoms with van der Waals surface area (Å²) in [5.41, 5.74) is 0.828. The number of rotatable bonds is 7. The number of hydrogen-bond donors (Lipinski definition) is 1. The third kappa shape index (κ3) is 4.61. The number of carbonyl (C=O) groups excluding carboxylic acids is 1. The van der Waals surface area contributed by atoms with Crippen LogP contribution in [0.5, 0.6) is 0 Å². The number of amides is 1. The Labute approximate surface area is 157 Å². The Balaban J connectivity index is 2.12. The Kier molecular flexibility index (Phi) is 6.62. The summed E-state index contributed by atoms with van der Waals surface area (Å²) in [5.74, 6) is -0.204. The van der Waals surface area contributed by atoms with Gasteiger partial charge in [0.15, 0.2) is 0 Å². The molecule has 0 aliphatic heterocycles. The maximum absolute atomic E-state index is 12.5. The minimum absolute atomic E-state index is 0.204. The molecule has 1 atom stereocenters. The summed E-state index contributed by atoms with van der Waals surface area (Å²) >= 11 is 7.06. The number of carbonyl (C=O) groups is 1. The van der Waals surface area contributed by atoms with Crippen molar-refractivity contribution in [3.05, 3.63) is 51.2 Å². The molecule has 2 rings (SSSR count). The Morgan fingerprint density at radius 3 is 2.24 bits per heavy atom. The van der Waals surface area contributed by atoms with Gasteiger partial charge in [0.2, 0.25) is 10.0 Å². The second-order valence-corrected chi connectivity index (χ2v) is 9.11. The molecule has 0 aliphatic carbocycles. The largest absolute Gasteiger partial charge is 0.345 e. The van der Waals surface area contributed by atoms with Crippen LogP contribution in [0, 0.1) is 0 Å². The van der Waals surface area contributed by atoms with E-state index < -0.39 is 10.0 Å². The third-order valence-electron chi connectivity index (χ3n) is 3.87. The monoisotopic (exact) mass is 400 g/mol. The van der Waals surface area contributed by atoms with E-state index in [2.05, 4.69) is 5.32 Å². The molecule has 25 heavy (non-hydrogen) atoms. The van der Waals surface area contributed by atoms with Crippen LogP contribution in [-0.4, -0.2) is 31.7 Å². The van der Waals surface area contributed by atoms with Crippen LogP contribution in [0.3, 0.4) is 0 Å². The molecule has 0 radical (unpaired) electrons. The molecule has 8 heteroatoms. The fraction of sp³-hybridized carbons (Fsp3) is 0.353. The fourth-order valence-corrected chi connectivity index (χ4v) is 4.83. The van der Waals surface area contributed by atoms with Gasteiger partial charge < -0.3 is 5.32 Å². The molecule has 5 nitrogen and oxygen atoms in total. The zero-order chi connectivity index (χ0) is 18.6. The Morgan fingerprint density at radius 1 is 1.16 bits per heavy atom. The molecule has 1 amide bonds. The minimum Gasteiger partial charge on any atom is -0.345 e. The van der Waals surface area contributed by atoms with Crippen LogP contribution in [0.15, 0.2) is 41.3 Å². The van der Waals surface area contributed by atoms with Crippen LogP contribution < -0.4 is 5.32 Å². The molecule has 1 aromatic heterocycles. The van der Waals surface area contributed by atoms with Crippen molar-refractivity contribution in [3.8, 4) is 0 Å². The average molecular weight is 401 g/mol. The molecule has 0 fully saturated rings. The Bertz CT molecular complexity index is 828. The molecule has 0 unspecified atom stereocenters. The lowest BCUT2D eigenvalue weighted by atomic mass is 10.1. The van der Waals surface area contributed by atoms with E-state index in [1.54, 1.807) is 36.4 Å². The van der Waals surface area contributed by atoms with Gasteiger partial charge in [-0.3, -0.25) is 4.79 Å². The van der Waals surface area contributed by atoms with E-state index >= 15 is 0 Å². The highest BCUT2D eigenvalue weighted by atomic mass is 35.5. The second kappa shape index (κ2) is 8.31. The van der Waals surface area contributed by atoms with E-state index in [0.717, 1.165) is 5.56 Å². The predicted octanol–water partition coefficient (Wildman–Crippen LogP) is 3.92. The molecule has 0 saturated heterocycles. The molecule has 1 aromatic carbocycles. The van der Waals surface area contributed by atoms with Crippen LogP contribution in [0.25, 0.3) is 0 Å². The summed E-state index contributed by atoms with van der Waals surface area (Å²) in [5, 5.41) is 2.88. The molecule has 2 aromatic rings. The topological polar surface area (TPSA) is 66.5 Å². The molecule has 1 N–H and O–H groups in total. The lowest BCUT2D eigenvalue weighted by molar-refractivity contribution is 0.0944. The molecule has 0 spiro atoms. The van der Waals surface area contributed by atoms with Gasteiger partial charge in [-0.2, -0.15) is 4.31 Å². The van der Waals surface area contributed by atoms with Gasteiger partial charge in [-0.05, 0) is 36.8 Å². The summed E-state index contributed by atoms with van der Waals surface area (Å²) in [6.07, 6.45) is 0.